The molecule has 0 fully saturated rings. The van der Waals surface area contributed by atoms with Gasteiger partial charge < -0.3 is 10.6 Å². The second-order valence-corrected chi connectivity index (χ2v) is 4.03. The molecule has 5 heteroatoms. The van der Waals surface area contributed by atoms with E-state index in [4.69, 9.17) is 5.73 Å². The van der Waals surface area contributed by atoms with Gasteiger partial charge in [0.2, 0.25) is 5.91 Å². The molecule has 0 unspecified atom stereocenters. The van der Waals surface area contributed by atoms with Gasteiger partial charge in [0.1, 0.15) is 0 Å². The summed E-state index contributed by atoms with van der Waals surface area (Å²) in [4.78, 5) is 13.3. The van der Waals surface area contributed by atoms with Crippen molar-refractivity contribution in [1.82, 2.24) is 0 Å². The normalized spacial score (nSPS) is 10.7. The zero-order valence-corrected chi connectivity index (χ0v) is 9.91. The van der Waals surface area contributed by atoms with Crippen molar-refractivity contribution in [3.05, 3.63) is 29.8 Å². The second-order valence-electron chi connectivity index (χ2n) is 4.03. The lowest BCUT2D eigenvalue weighted by molar-refractivity contribution is -0.121. The summed E-state index contributed by atoms with van der Waals surface area (Å²) in [7, 11) is 0. The molecule has 0 heterocycles. The highest BCUT2D eigenvalue weighted by atomic mass is 19.2. The van der Waals surface area contributed by atoms with Crippen molar-refractivity contribution in [1.29, 1.82) is 0 Å². The fourth-order valence-corrected chi connectivity index (χ4v) is 1.46. The monoisotopic (exact) mass is 242 g/mol. The molecule has 0 atom stereocenters. The van der Waals surface area contributed by atoms with Crippen LogP contribution in [0.1, 0.15) is 13.8 Å². The largest absolute Gasteiger partial charge is 0.329 e. The molecular weight excluding hydrogens is 226 g/mol. The lowest BCUT2D eigenvalue weighted by Gasteiger charge is -2.24. The quantitative estimate of drug-likeness (QED) is 0.876. The van der Waals surface area contributed by atoms with Gasteiger partial charge in [0, 0.05) is 30.8 Å². The summed E-state index contributed by atoms with van der Waals surface area (Å²) < 4.78 is 25.9. The van der Waals surface area contributed by atoms with Crippen molar-refractivity contribution >= 4 is 11.6 Å². The third-order valence-corrected chi connectivity index (χ3v) is 2.33. The fraction of sp³-hybridized carbons (Fsp3) is 0.417. The Morgan fingerprint density at radius 2 is 2.00 bits per heavy atom. The van der Waals surface area contributed by atoms with Gasteiger partial charge in [-0.1, -0.05) is 13.8 Å². The first kappa shape index (κ1) is 13.6. The molecular formula is C12H16F2N2O. The molecule has 94 valence electrons. The SMILES string of the molecule is CC(C)C(=O)N(CCN)c1ccc(F)c(F)c1. The van der Waals surface area contributed by atoms with Crippen molar-refractivity contribution in [3.63, 3.8) is 0 Å². The summed E-state index contributed by atoms with van der Waals surface area (Å²) in [6, 6.07) is 3.38. The third-order valence-electron chi connectivity index (χ3n) is 2.33. The average Bonchev–Trinajstić information content (AvgIpc) is 2.29. The van der Waals surface area contributed by atoms with E-state index >= 15 is 0 Å². The van der Waals surface area contributed by atoms with Gasteiger partial charge in [-0.15, -0.1) is 0 Å². The zero-order chi connectivity index (χ0) is 13.0. The highest BCUT2D eigenvalue weighted by molar-refractivity contribution is 5.94. The van der Waals surface area contributed by atoms with Crippen molar-refractivity contribution in [2.45, 2.75) is 13.8 Å². The predicted octanol–water partition coefficient (Wildman–Crippen LogP) is 1.91. The number of nitrogens with zero attached hydrogens (tertiary/aromatic N) is 1. The van der Waals surface area contributed by atoms with Crippen LogP contribution >= 0.6 is 0 Å². The molecule has 1 aromatic carbocycles. The van der Waals surface area contributed by atoms with E-state index in [0.717, 1.165) is 12.1 Å². The highest BCUT2D eigenvalue weighted by Crippen LogP contribution is 2.19. The molecule has 0 saturated heterocycles. The van der Waals surface area contributed by atoms with Crippen LogP contribution in [0.15, 0.2) is 18.2 Å². The van der Waals surface area contributed by atoms with Crippen LogP contribution in [-0.2, 0) is 4.79 Å². The van der Waals surface area contributed by atoms with Gasteiger partial charge in [0.05, 0.1) is 0 Å². The molecule has 0 radical (unpaired) electrons. The fourth-order valence-electron chi connectivity index (χ4n) is 1.46. The summed E-state index contributed by atoms with van der Waals surface area (Å²) in [6.45, 7) is 4.02. The highest BCUT2D eigenvalue weighted by Gasteiger charge is 2.19. The Morgan fingerprint density at radius 1 is 1.35 bits per heavy atom. The van der Waals surface area contributed by atoms with Crippen LogP contribution in [0.25, 0.3) is 0 Å². The first-order valence-electron chi connectivity index (χ1n) is 5.44. The van der Waals surface area contributed by atoms with Crippen LogP contribution < -0.4 is 10.6 Å². The number of halogens is 2. The molecule has 1 rings (SSSR count). The Labute approximate surface area is 99.2 Å². The lowest BCUT2D eigenvalue weighted by atomic mass is 10.1. The first-order chi connectivity index (χ1) is 7.97. The number of carbonyl (C=O) groups excluding carboxylic acids is 1. The van der Waals surface area contributed by atoms with Crippen LogP contribution in [-0.4, -0.2) is 19.0 Å². The Balaban J connectivity index is 3.05. The van der Waals surface area contributed by atoms with Crippen LogP contribution in [0, 0.1) is 17.6 Å². The van der Waals surface area contributed by atoms with Crippen molar-refractivity contribution in [2.24, 2.45) is 11.7 Å². The molecule has 0 aliphatic heterocycles. The van der Waals surface area contributed by atoms with Crippen LogP contribution in [0.4, 0.5) is 14.5 Å². The van der Waals surface area contributed by atoms with Gasteiger partial charge in [0.25, 0.3) is 0 Å². The molecule has 0 aliphatic rings. The van der Waals surface area contributed by atoms with E-state index in [1.54, 1.807) is 13.8 Å². The number of amides is 1. The Morgan fingerprint density at radius 3 is 2.47 bits per heavy atom. The van der Waals surface area contributed by atoms with Crippen LogP contribution in [0.2, 0.25) is 0 Å². The molecule has 1 amide bonds. The Bertz CT molecular complexity index is 407. The molecule has 0 aliphatic carbocycles. The zero-order valence-electron chi connectivity index (χ0n) is 9.91. The minimum Gasteiger partial charge on any atom is -0.329 e. The maximum absolute atomic E-state index is 13.1. The van der Waals surface area contributed by atoms with Gasteiger partial charge >= 0.3 is 0 Å². The van der Waals surface area contributed by atoms with Gasteiger partial charge in [-0.05, 0) is 12.1 Å². The maximum atomic E-state index is 13.1. The smallest absolute Gasteiger partial charge is 0.229 e. The van der Waals surface area contributed by atoms with E-state index in [-0.39, 0.29) is 24.9 Å². The summed E-state index contributed by atoms with van der Waals surface area (Å²) in [5.74, 6) is -2.30. The number of rotatable bonds is 4. The van der Waals surface area contributed by atoms with E-state index in [1.165, 1.54) is 11.0 Å². The number of hydrogen-bond acceptors (Lipinski definition) is 2. The minimum absolute atomic E-state index is 0.165. The van der Waals surface area contributed by atoms with E-state index in [0.29, 0.717) is 5.69 Å². The number of carbonyl (C=O) groups is 1. The van der Waals surface area contributed by atoms with Crippen LogP contribution in [0.3, 0.4) is 0 Å². The summed E-state index contributed by atoms with van der Waals surface area (Å²) in [6.07, 6.45) is 0. The molecule has 1 aromatic rings. The average molecular weight is 242 g/mol. The first-order valence-corrected chi connectivity index (χ1v) is 5.44. The third kappa shape index (κ3) is 3.23. The number of nitrogens with two attached hydrogens (primary N) is 1. The number of benzene rings is 1. The molecule has 0 spiro atoms. The molecule has 0 bridgehead atoms. The summed E-state index contributed by atoms with van der Waals surface area (Å²) in [5, 5.41) is 0. The van der Waals surface area contributed by atoms with Crippen molar-refractivity contribution in [2.75, 3.05) is 18.0 Å². The number of anilines is 1. The summed E-state index contributed by atoms with van der Waals surface area (Å²) >= 11 is 0. The van der Waals surface area contributed by atoms with E-state index in [9.17, 15) is 13.6 Å². The van der Waals surface area contributed by atoms with E-state index in [2.05, 4.69) is 0 Å². The minimum atomic E-state index is -0.971. The maximum Gasteiger partial charge on any atom is 0.229 e. The molecule has 2 N–H and O–H groups in total. The van der Waals surface area contributed by atoms with E-state index in [1.807, 2.05) is 0 Å². The molecule has 0 aromatic heterocycles. The Kier molecular flexibility index (Phi) is 4.57. The van der Waals surface area contributed by atoms with Crippen molar-refractivity contribution in [3.8, 4) is 0 Å². The topological polar surface area (TPSA) is 46.3 Å². The summed E-state index contributed by atoms with van der Waals surface area (Å²) in [5.41, 5.74) is 5.74. The second kappa shape index (κ2) is 5.72. The van der Waals surface area contributed by atoms with Gasteiger partial charge in [-0.3, -0.25) is 4.79 Å². The van der Waals surface area contributed by atoms with E-state index < -0.39 is 11.6 Å². The number of hydrogen-bond donors (Lipinski definition) is 1. The Hall–Kier alpha value is -1.49. The van der Waals surface area contributed by atoms with Crippen molar-refractivity contribution < 1.29 is 13.6 Å². The molecule has 3 nitrogen and oxygen atoms in total. The van der Waals surface area contributed by atoms with Gasteiger partial charge in [-0.2, -0.15) is 0 Å². The van der Waals surface area contributed by atoms with Crippen LogP contribution in [0.5, 0.6) is 0 Å². The molecule has 17 heavy (non-hydrogen) atoms. The standard InChI is InChI=1S/C12H16F2N2O/c1-8(2)12(17)16(6-5-15)9-3-4-10(13)11(14)7-9/h3-4,7-8H,5-6,15H2,1-2H3. The molecule has 0 saturated carbocycles. The van der Waals surface area contributed by atoms with Gasteiger partial charge in [-0.25, -0.2) is 8.78 Å². The van der Waals surface area contributed by atoms with Gasteiger partial charge in [0.15, 0.2) is 11.6 Å². The predicted molar refractivity (Wildman–Crippen MR) is 62.6 cm³/mol. The lowest BCUT2D eigenvalue weighted by Crippen LogP contribution is -2.38.